The third-order valence-corrected chi connectivity index (χ3v) is 4.17. The van der Waals surface area contributed by atoms with Crippen molar-refractivity contribution in [1.29, 1.82) is 0 Å². The Morgan fingerprint density at radius 3 is 2.25 bits per heavy atom. The van der Waals surface area contributed by atoms with Crippen molar-refractivity contribution in [3.63, 3.8) is 0 Å². The summed E-state index contributed by atoms with van der Waals surface area (Å²) < 4.78 is 32.1. The normalized spacial score (nSPS) is 11.2. The van der Waals surface area contributed by atoms with E-state index >= 15 is 0 Å². The van der Waals surface area contributed by atoms with Crippen LogP contribution in [0.5, 0.6) is 5.75 Å². The third kappa shape index (κ3) is 3.82. The molecule has 0 atom stereocenters. The molecule has 0 bridgehead atoms. The van der Waals surface area contributed by atoms with E-state index in [0.29, 0.717) is 12.4 Å². The molecule has 5 heteroatoms. The van der Waals surface area contributed by atoms with Gasteiger partial charge >= 0.3 is 0 Å². The summed E-state index contributed by atoms with van der Waals surface area (Å²) in [6, 6.07) is 15.8. The summed E-state index contributed by atoms with van der Waals surface area (Å²) in [4.78, 5) is 0.233. The van der Waals surface area contributed by atoms with E-state index < -0.39 is 10.0 Å². The average molecular weight is 291 g/mol. The highest BCUT2D eigenvalue weighted by molar-refractivity contribution is 7.89. The predicted molar refractivity (Wildman–Crippen MR) is 78.1 cm³/mol. The average Bonchev–Trinajstić information content (AvgIpc) is 2.47. The van der Waals surface area contributed by atoms with E-state index in [1.54, 1.807) is 24.3 Å². The molecule has 106 valence electrons. The Kier molecular flexibility index (Phi) is 4.76. The predicted octanol–water partition coefficient (Wildman–Crippen LogP) is 2.56. The van der Waals surface area contributed by atoms with Gasteiger partial charge in [-0.1, -0.05) is 30.3 Å². The number of ether oxygens (including phenoxy) is 1. The molecule has 0 saturated heterocycles. The summed E-state index contributed by atoms with van der Waals surface area (Å²) in [5.41, 5.74) is 0.919. The molecule has 0 aliphatic rings. The molecule has 1 N–H and O–H groups in total. The summed E-state index contributed by atoms with van der Waals surface area (Å²) >= 11 is 0. The molecule has 0 aliphatic carbocycles. The Bertz CT molecular complexity index is 637. The highest BCUT2D eigenvalue weighted by Crippen LogP contribution is 2.16. The molecule has 0 aromatic heterocycles. The SMILES string of the molecule is CCOc1ccc(S(=O)(=O)NCc2ccccc2)cc1. The fourth-order valence-corrected chi connectivity index (χ4v) is 2.76. The van der Waals surface area contributed by atoms with Crippen molar-refractivity contribution in [2.24, 2.45) is 0 Å². The van der Waals surface area contributed by atoms with Crippen molar-refractivity contribution < 1.29 is 13.2 Å². The molecule has 0 spiro atoms. The maximum absolute atomic E-state index is 12.1. The quantitative estimate of drug-likeness (QED) is 0.890. The molecule has 20 heavy (non-hydrogen) atoms. The zero-order valence-electron chi connectivity index (χ0n) is 11.2. The fraction of sp³-hybridized carbons (Fsp3) is 0.200. The van der Waals surface area contributed by atoms with Crippen molar-refractivity contribution in [3.8, 4) is 5.75 Å². The number of benzene rings is 2. The molecule has 4 nitrogen and oxygen atoms in total. The number of hydrogen-bond donors (Lipinski definition) is 1. The van der Waals surface area contributed by atoms with Gasteiger partial charge in [-0.2, -0.15) is 0 Å². The Morgan fingerprint density at radius 2 is 1.65 bits per heavy atom. The Hall–Kier alpha value is -1.85. The zero-order valence-corrected chi connectivity index (χ0v) is 12.1. The lowest BCUT2D eigenvalue weighted by Crippen LogP contribution is -2.23. The molecule has 0 aliphatic heterocycles. The van der Waals surface area contributed by atoms with E-state index in [9.17, 15) is 8.42 Å². The van der Waals surface area contributed by atoms with Crippen LogP contribution in [0.3, 0.4) is 0 Å². The van der Waals surface area contributed by atoms with Crippen LogP contribution < -0.4 is 9.46 Å². The lowest BCUT2D eigenvalue weighted by atomic mass is 10.2. The van der Waals surface area contributed by atoms with Gasteiger partial charge in [0.25, 0.3) is 0 Å². The third-order valence-electron chi connectivity index (χ3n) is 2.75. The molecule has 2 aromatic rings. The van der Waals surface area contributed by atoms with Gasteiger partial charge in [0.15, 0.2) is 0 Å². The van der Waals surface area contributed by atoms with Crippen LogP contribution in [0, 0.1) is 0 Å². The lowest BCUT2D eigenvalue weighted by Gasteiger charge is -2.08. The molecule has 0 saturated carbocycles. The first-order valence-electron chi connectivity index (χ1n) is 6.38. The van der Waals surface area contributed by atoms with Crippen molar-refractivity contribution in [3.05, 3.63) is 60.2 Å². The molecule has 0 fully saturated rings. The van der Waals surface area contributed by atoms with Crippen molar-refractivity contribution >= 4 is 10.0 Å². The Labute approximate surface area is 119 Å². The van der Waals surface area contributed by atoms with E-state index in [1.165, 1.54) is 0 Å². The van der Waals surface area contributed by atoms with E-state index in [-0.39, 0.29) is 11.4 Å². The van der Waals surface area contributed by atoms with Crippen LogP contribution >= 0.6 is 0 Å². The van der Waals surface area contributed by atoms with Crippen molar-refractivity contribution in [1.82, 2.24) is 4.72 Å². The van der Waals surface area contributed by atoms with Crippen LogP contribution in [0.1, 0.15) is 12.5 Å². The maximum atomic E-state index is 12.1. The number of nitrogens with one attached hydrogen (secondary N) is 1. The highest BCUT2D eigenvalue weighted by Gasteiger charge is 2.13. The van der Waals surface area contributed by atoms with Gasteiger partial charge in [-0.25, -0.2) is 13.1 Å². The van der Waals surface area contributed by atoms with E-state index in [0.717, 1.165) is 5.56 Å². The van der Waals surface area contributed by atoms with E-state index in [2.05, 4.69) is 4.72 Å². The maximum Gasteiger partial charge on any atom is 0.240 e. The van der Waals surface area contributed by atoms with Gasteiger partial charge in [-0.15, -0.1) is 0 Å². The Balaban J connectivity index is 2.06. The molecule has 2 rings (SSSR count). The van der Waals surface area contributed by atoms with E-state index in [1.807, 2.05) is 37.3 Å². The first-order valence-corrected chi connectivity index (χ1v) is 7.86. The molecule has 0 radical (unpaired) electrons. The van der Waals surface area contributed by atoms with Crippen LogP contribution in [-0.2, 0) is 16.6 Å². The smallest absolute Gasteiger partial charge is 0.240 e. The van der Waals surface area contributed by atoms with Gasteiger partial charge in [0, 0.05) is 6.54 Å². The number of rotatable bonds is 6. The number of hydrogen-bond acceptors (Lipinski definition) is 3. The largest absolute Gasteiger partial charge is 0.494 e. The van der Waals surface area contributed by atoms with Crippen LogP contribution in [0.4, 0.5) is 0 Å². The van der Waals surface area contributed by atoms with Gasteiger partial charge in [-0.05, 0) is 36.8 Å². The van der Waals surface area contributed by atoms with Gasteiger partial charge in [0.1, 0.15) is 5.75 Å². The Morgan fingerprint density at radius 1 is 1.00 bits per heavy atom. The minimum Gasteiger partial charge on any atom is -0.494 e. The lowest BCUT2D eigenvalue weighted by molar-refractivity contribution is 0.340. The molecule has 0 heterocycles. The number of sulfonamides is 1. The topological polar surface area (TPSA) is 55.4 Å². The summed E-state index contributed by atoms with van der Waals surface area (Å²) in [6.45, 7) is 2.71. The molecule has 2 aromatic carbocycles. The standard InChI is InChI=1S/C15H17NO3S/c1-2-19-14-8-10-15(11-9-14)20(17,18)16-12-13-6-4-3-5-7-13/h3-11,16H,2,12H2,1H3. The molecule has 0 amide bonds. The zero-order chi connectivity index (χ0) is 14.4. The monoisotopic (exact) mass is 291 g/mol. The van der Waals surface area contributed by atoms with E-state index in [4.69, 9.17) is 4.74 Å². The minimum absolute atomic E-state index is 0.233. The summed E-state index contributed by atoms with van der Waals surface area (Å²) in [5.74, 6) is 0.662. The second-order valence-electron chi connectivity index (χ2n) is 4.21. The van der Waals surface area contributed by atoms with Gasteiger partial charge in [0.05, 0.1) is 11.5 Å². The van der Waals surface area contributed by atoms with Crippen LogP contribution in [0.25, 0.3) is 0 Å². The van der Waals surface area contributed by atoms with Gasteiger partial charge in [0.2, 0.25) is 10.0 Å². The highest BCUT2D eigenvalue weighted by atomic mass is 32.2. The molecular formula is C15H17NO3S. The van der Waals surface area contributed by atoms with Gasteiger partial charge < -0.3 is 4.74 Å². The minimum atomic E-state index is -3.50. The molecule has 0 unspecified atom stereocenters. The second kappa shape index (κ2) is 6.54. The first-order chi connectivity index (χ1) is 9.62. The summed E-state index contributed by atoms with van der Waals surface area (Å²) in [5, 5.41) is 0. The molecular weight excluding hydrogens is 274 g/mol. The summed E-state index contributed by atoms with van der Waals surface area (Å²) in [6.07, 6.45) is 0. The van der Waals surface area contributed by atoms with Crippen LogP contribution in [0.2, 0.25) is 0 Å². The van der Waals surface area contributed by atoms with Crippen molar-refractivity contribution in [2.75, 3.05) is 6.61 Å². The summed E-state index contributed by atoms with van der Waals surface area (Å²) in [7, 11) is -3.50. The van der Waals surface area contributed by atoms with Crippen LogP contribution in [0.15, 0.2) is 59.5 Å². The van der Waals surface area contributed by atoms with Crippen LogP contribution in [-0.4, -0.2) is 15.0 Å². The van der Waals surface area contributed by atoms with Crippen molar-refractivity contribution in [2.45, 2.75) is 18.4 Å². The van der Waals surface area contributed by atoms with Gasteiger partial charge in [-0.3, -0.25) is 0 Å². The first kappa shape index (κ1) is 14.6. The fourth-order valence-electron chi connectivity index (χ4n) is 1.74. The second-order valence-corrected chi connectivity index (χ2v) is 5.98.